The first-order valence-corrected chi connectivity index (χ1v) is 7.59. The summed E-state index contributed by atoms with van der Waals surface area (Å²) in [5, 5.41) is 3.91. The van der Waals surface area contributed by atoms with Crippen LogP contribution in [-0.4, -0.2) is 36.0 Å². The molecule has 0 fully saturated rings. The van der Waals surface area contributed by atoms with Crippen LogP contribution >= 0.6 is 23.5 Å². The Bertz CT molecular complexity index is 373. The molecule has 0 atom stereocenters. The average Bonchev–Trinajstić information content (AvgIpc) is 2.36. The fourth-order valence-electron chi connectivity index (χ4n) is 1.07. The van der Waals surface area contributed by atoms with Crippen LogP contribution in [-0.2, 0) is 23.9 Å². The van der Waals surface area contributed by atoms with E-state index in [1.54, 1.807) is 10.8 Å². The summed E-state index contributed by atoms with van der Waals surface area (Å²) >= 11 is 2.81. The Kier molecular flexibility index (Phi) is 7.35. The fourth-order valence-corrected chi connectivity index (χ4v) is 2.43. The van der Waals surface area contributed by atoms with E-state index in [-0.39, 0.29) is 19.0 Å². The van der Waals surface area contributed by atoms with Crippen molar-refractivity contribution in [3.63, 3.8) is 0 Å². The molecule has 1 rings (SSSR count). The molecule has 0 aromatic heterocycles. The topological polar surface area (TPSA) is 69.7 Å². The zero-order valence-corrected chi connectivity index (χ0v) is 12.0. The van der Waals surface area contributed by atoms with Crippen LogP contribution in [0.3, 0.4) is 0 Å². The summed E-state index contributed by atoms with van der Waals surface area (Å²) in [7, 11) is 0. The van der Waals surface area contributed by atoms with Gasteiger partial charge in [0.2, 0.25) is 0 Å². The summed E-state index contributed by atoms with van der Waals surface area (Å²) in [4.78, 5) is 34.0. The third-order valence-electron chi connectivity index (χ3n) is 2.17. The largest absolute Gasteiger partial charge is 0.462 e. The third-order valence-corrected chi connectivity index (χ3v) is 3.91. The molecular formula is C12H14O5S2. The van der Waals surface area contributed by atoms with E-state index >= 15 is 0 Å². The molecule has 0 spiro atoms. The van der Waals surface area contributed by atoms with Gasteiger partial charge in [-0.15, -0.1) is 23.5 Å². The Morgan fingerprint density at radius 2 is 1.58 bits per heavy atom. The Labute approximate surface area is 119 Å². The van der Waals surface area contributed by atoms with Gasteiger partial charge in [0.15, 0.2) is 0 Å². The number of carbonyl (C=O) groups excluding carboxylic acids is 3. The monoisotopic (exact) mass is 302 g/mol. The Morgan fingerprint density at radius 1 is 1.11 bits per heavy atom. The summed E-state index contributed by atoms with van der Waals surface area (Å²) in [5.74, 6) is -1.84. The summed E-state index contributed by atoms with van der Waals surface area (Å²) < 4.78 is 9.84. The summed E-state index contributed by atoms with van der Waals surface area (Å²) in [6.45, 7) is 1.19. The molecule has 0 saturated carbocycles. The molecule has 0 aromatic carbocycles. The van der Waals surface area contributed by atoms with Gasteiger partial charge in [-0.25, -0.2) is 9.59 Å². The van der Waals surface area contributed by atoms with Crippen molar-refractivity contribution in [2.75, 3.05) is 18.3 Å². The van der Waals surface area contributed by atoms with Crippen molar-refractivity contribution in [3.05, 3.63) is 23.0 Å². The standard InChI is InChI=1S/C12H14O5S2/c1-9(13)10-6-16-11(14)2-4-18-8-19-5-3-12(15)17-7-10/h2-5,10H,6-8H2,1H3/b4-2+,5-3+. The van der Waals surface area contributed by atoms with E-state index in [4.69, 9.17) is 9.47 Å². The normalized spacial score (nSPS) is 22.8. The molecule has 0 unspecified atom stereocenters. The lowest BCUT2D eigenvalue weighted by atomic mass is 10.1. The Morgan fingerprint density at radius 3 is 2.00 bits per heavy atom. The molecule has 0 N–H and O–H groups in total. The van der Waals surface area contributed by atoms with Crippen LogP contribution in [0.4, 0.5) is 0 Å². The predicted octanol–water partition coefficient (Wildman–Crippen LogP) is 1.74. The van der Waals surface area contributed by atoms with E-state index in [1.807, 2.05) is 0 Å². The lowest BCUT2D eigenvalue weighted by Gasteiger charge is -2.13. The van der Waals surface area contributed by atoms with Crippen LogP contribution in [0.1, 0.15) is 6.92 Å². The van der Waals surface area contributed by atoms with Crippen LogP contribution in [0.15, 0.2) is 23.0 Å². The van der Waals surface area contributed by atoms with Gasteiger partial charge in [0.1, 0.15) is 19.0 Å². The quantitative estimate of drug-likeness (QED) is 0.683. The van der Waals surface area contributed by atoms with Crippen LogP contribution in [0.2, 0.25) is 0 Å². The number of cyclic esters (lactones) is 2. The molecule has 0 aliphatic carbocycles. The maximum atomic E-state index is 11.3. The third kappa shape index (κ3) is 7.07. The van der Waals surface area contributed by atoms with E-state index in [0.717, 1.165) is 0 Å². The molecule has 7 heteroatoms. The highest BCUT2D eigenvalue weighted by Crippen LogP contribution is 2.14. The minimum absolute atomic E-state index is 0.0884. The van der Waals surface area contributed by atoms with Crippen LogP contribution in [0.5, 0.6) is 0 Å². The SMILES string of the molecule is CC(=O)C1COC(=O)/C=C/SCS/C=C/C(=O)OC1. The van der Waals surface area contributed by atoms with Gasteiger partial charge in [-0.05, 0) is 17.7 Å². The van der Waals surface area contributed by atoms with Crippen molar-refractivity contribution in [1.82, 2.24) is 0 Å². The minimum Gasteiger partial charge on any atom is -0.462 e. The number of Topliss-reactive ketones (excluding diaryl/α,β-unsaturated/α-hetero) is 1. The highest BCUT2D eigenvalue weighted by atomic mass is 32.2. The molecule has 1 aliphatic rings. The molecule has 104 valence electrons. The highest BCUT2D eigenvalue weighted by molar-refractivity contribution is 8.18. The number of esters is 2. The second-order valence-electron chi connectivity index (χ2n) is 3.62. The average molecular weight is 302 g/mol. The summed E-state index contributed by atoms with van der Waals surface area (Å²) in [6, 6.07) is 0. The molecular weight excluding hydrogens is 288 g/mol. The second kappa shape index (κ2) is 8.82. The molecule has 1 aliphatic heterocycles. The van der Waals surface area contributed by atoms with E-state index in [2.05, 4.69) is 0 Å². The lowest BCUT2D eigenvalue weighted by molar-refractivity contribution is -0.145. The number of ketones is 1. The van der Waals surface area contributed by atoms with Gasteiger partial charge in [0, 0.05) is 17.2 Å². The van der Waals surface area contributed by atoms with Gasteiger partial charge in [-0.1, -0.05) is 0 Å². The Hall–Kier alpha value is -1.21. The smallest absolute Gasteiger partial charge is 0.331 e. The van der Waals surface area contributed by atoms with Gasteiger partial charge in [-0.3, -0.25) is 4.79 Å². The first kappa shape index (κ1) is 15.8. The van der Waals surface area contributed by atoms with Crippen LogP contribution in [0, 0.1) is 5.92 Å². The van der Waals surface area contributed by atoms with Gasteiger partial charge < -0.3 is 9.47 Å². The van der Waals surface area contributed by atoms with Gasteiger partial charge in [0.05, 0.1) is 5.92 Å². The molecule has 0 aromatic rings. The van der Waals surface area contributed by atoms with Crippen LogP contribution in [0.25, 0.3) is 0 Å². The van der Waals surface area contributed by atoms with E-state index in [9.17, 15) is 14.4 Å². The van der Waals surface area contributed by atoms with Gasteiger partial charge in [-0.2, -0.15) is 0 Å². The molecule has 0 saturated heterocycles. The first-order chi connectivity index (χ1) is 9.09. The molecule has 0 bridgehead atoms. The second-order valence-corrected chi connectivity index (χ2v) is 5.78. The van der Waals surface area contributed by atoms with Crippen molar-refractivity contribution < 1.29 is 23.9 Å². The minimum atomic E-state index is -0.627. The fraction of sp³-hybridized carbons (Fsp3) is 0.417. The zero-order valence-electron chi connectivity index (χ0n) is 10.4. The zero-order chi connectivity index (χ0) is 14.1. The van der Waals surface area contributed by atoms with E-state index in [0.29, 0.717) is 5.08 Å². The number of ether oxygens (including phenoxy) is 2. The molecule has 1 heterocycles. The molecule has 19 heavy (non-hydrogen) atoms. The Balaban J connectivity index is 2.65. The van der Waals surface area contributed by atoms with Crippen molar-refractivity contribution in [2.24, 2.45) is 5.92 Å². The summed E-state index contributed by atoms with van der Waals surface area (Å²) in [5.41, 5.74) is 0. The van der Waals surface area contributed by atoms with E-state index < -0.39 is 17.9 Å². The number of rotatable bonds is 1. The predicted molar refractivity (Wildman–Crippen MR) is 74.4 cm³/mol. The van der Waals surface area contributed by atoms with Crippen molar-refractivity contribution in [3.8, 4) is 0 Å². The van der Waals surface area contributed by atoms with Gasteiger partial charge in [0.25, 0.3) is 0 Å². The highest BCUT2D eigenvalue weighted by Gasteiger charge is 2.18. The maximum Gasteiger partial charge on any atom is 0.331 e. The van der Waals surface area contributed by atoms with Crippen molar-refractivity contribution >= 4 is 41.2 Å². The van der Waals surface area contributed by atoms with Gasteiger partial charge >= 0.3 is 11.9 Å². The van der Waals surface area contributed by atoms with Crippen LogP contribution < -0.4 is 0 Å². The molecule has 0 radical (unpaired) electrons. The maximum absolute atomic E-state index is 11.3. The summed E-state index contributed by atoms with van der Waals surface area (Å²) in [6.07, 6.45) is 2.62. The first-order valence-electron chi connectivity index (χ1n) is 5.50. The number of hydrogen-bond donors (Lipinski definition) is 0. The van der Waals surface area contributed by atoms with E-state index in [1.165, 1.54) is 42.6 Å². The number of carbonyl (C=O) groups is 3. The van der Waals surface area contributed by atoms with Crippen molar-refractivity contribution in [1.29, 1.82) is 0 Å². The number of hydrogen-bond acceptors (Lipinski definition) is 7. The lowest BCUT2D eigenvalue weighted by Crippen LogP contribution is -2.25. The number of thioether (sulfide) groups is 2. The molecule has 5 nitrogen and oxygen atoms in total. The molecule has 0 amide bonds. The van der Waals surface area contributed by atoms with Crippen molar-refractivity contribution in [2.45, 2.75) is 6.92 Å².